The molecule has 2 unspecified atom stereocenters. The third kappa shape index (κ3) is 3.61. The summed E-state index contributed by atoms with van der Waals surface area (Å²) in [5.41, 5.74) is 6.25. The second kappa shape index (κ2) is 6.58. The first-order valence-electron chi connectivity index (χ1n) is 6.61. The zero-order chi connectivity index (χ0) is 14.5. The van der Waals surface area contributed by atoms with Crippen molar-refractivity contribution in [3.8, 4) is 5.75 Å². The van der Waals surface area contributed by atoms with E-state index in [1.807, 2.05) is 6.92 Å². The number of para-hydroxylation sites is 2. The molecule has 0 radical (unpaired) electrons. The number of amides is 1. The molecule has 0 aliphatic carbocycles. The number of rotatable bonds is 4. The molecule has 1 aliphatic heterocycles. The van der Waals surface area contributed by atoms with Crippen LogP contribution in [0.4, 0.5) is 5.69 Å². The molecule has 1 saturated heterocycles. The van der Waals surface area contributed by atoms with Crippen LogP contribution in [0.3, 0.4) is 0 Å². The summed E-state index contributed by atoms with van der Waals surface area (Å²) >= 11 is 0. The van der Waals surface area contributed by atoms with Gasteiger partial charge in [0.25, 0.3) is 5.91 Å². The highest BCUT2D eigenvalue weighted by atomic mass is 16.5. The van der Waals surface area contributed by atoms with Crippen LogP contribution in [0.25, 0.3) is 0 Å². The average Bonchev–Trinajstić information content (AvgIpc) is 2.45. The minimum absolute atomic E-state index is 0.0704. The van der Waals surface area contributed by atoms with Gasteiger partial charge in [0, 0.05) is 13.1 Å². The topological polar surface area (TPSA) is 85.0 Å². The van der Waals surface area contributed by atoms with Crippen LogP contribution in [-0.2, 0) is 9.53 Å². The standard InChI is InChI=1S/C14H20N2O4/c1-10-6-16(7-11(8-17)20-10)14(18)9-19-13-5-3-2-4-12(13)15/h2-5,10-11,17H,6-9,15H2,1H3. The molecule has 2 rings (SSSR count). The maximum absolute atomic E-state index is 12.1. The molecule has 110 valence electrons. The van der Waals surface area contributed by atoms with Crippen LogP contribution in [0.2, 0.25) is 0 Å². The normalized spacial score (nSPS) is 22.6. The van der Waals surface area contributed by atoms with Gasteiger partial charge in [0.05, 0.1) is 24.5 Å². The minimum Gasteiger partial charge on any atom is -0.482 e. The highest BCUT2D eigenvalue weighted by Crippen LogP contribution is 2.20. The van der Waals surface area contributed by atoms with Gasteiger partial charge in [0.2, 0.25) is 0 Å². The molecule has 20 heavy (non-hydrogen) atoms. The van der Waals surface area contributed by atoms with Crippen LogP contribution in [0.1, 0.15) is 6.92 Å². The predicted molar refractivity (Wildman–Crippen MR) is 74.4 cm³/mol. The molecule has 1 aromatic rings. The Morgan fingerprint density at radius 2 is 2.25 bits per heavy atom. The summed E-state index contributed by atoms with van der Waals surface area (Å²) in [5, 5.41) is 9.14. The average molecular weight is 280 g/mol. The first kappa shape index (κ1) is 14.6. The van der Waals surface area contributed by atoms with E-state index in [1.165, 1.54) is 0 Å². The zero-order valence-corrected chi connectivity index (χ0v) is 11.5. The van der Waals surface area contributed by atoms with Crippen molar-refractivity contribution in [1.29, 1.82) is 0 Å². The van der Waals surface area contributed by atoms with Crippen LogP contribution in [0, 0.1) is 0 Å². The van der Waals surface area contributed by atoms with Crippen LogP contribution >= 0.6 is 0 Å². The third-order valence-corrected chi connectivity index (χ3v) is 3.15. The van der Waals surface area contributed by atoms with Gasteiger partial charge in [-0.15, -0.1) is 0 Å². The quantitative estimate of drug-likeness (QED) is 0.773. The van der Waals surface area contributed by atoms with Gasteiger partial charge in [0.1, 0.15) is 5.75 Å². The van der Waals surface area contributed by atoms with Gasteiger partial charge in [-0.25, -0.2) is 0 Å². The molecule has 1 fully saturated rings. The number of carbonyl (C=O) groups is 1. The molecule has 0 bridgehead atoms. The van der Waals surface area contributed by atoms with Crippen LogP contribution in [0.5, 0.6) is 5.75 Å². The van der Waals surface area contributed by atoms with Crippen LogP contribution in [0.15, 0.2) is 24.3 Å². The number of anilines is 1. The van der Waals surface area contributed by atoms with Crippen molar-refractivity contribution in [3.63, 3.8) is 0 Å². The van der Waals surface area contributed by atoms with Crippen LogP contribution in [-0.4, -0.2) is 54.4 Å². The van der Waals surface area contributed by atoms with E-state index in [4.69, 9.17) is 20.3 Å². The van der Waals surface area contributed by atoms with Gasteiger partial charge in [-0.1, -0.05) is 12.1 Å². The number of aliphatic hydroxyl groups is 1. The molecule has 2 atom stereocenters. The molecule has 0 saturated carbocycles. The molecule has 0 aromatic heterocycles. The van der Waals surface area contributed by atoms with E-state index < -0.39 is 0 Å². The number of hydrogen-bond donors (Lipinski definition) is 2. The molecule has 1 heterocycles. The molecule has 3 N–H and O–H groups in total. The molecule has 0 spiro atoms. The van der Waals surface area contributed by atoms with Crippen molar-refractivity contribution in [2.75, 3.05) is 32.0 Å². The molecule has 1 aromatic carbocycles. The van der Waals surface area contributed by atoms with Crippen molar-refractivity contribution in [2.24, 2.45) is 0 Å². The van der Waals surface area contributed by atoms with E-state index in [9.17, 15) is 4.79 Å². The number of carbonyl (C=O) groups excluding carboxylic acids is 1. The monoisotopic (exact) mass is 280 g/mol. The fraction of sp³-hybridized carbons (Fsp3) is 0.500. The van der Waals surface area contributed by atoms with Gasteiger partial charge in [-0.05, 0) is 19.1 Å². The van der Waals surface area contributed by atoms with Gasteiger partial charge in [0.15, 0.2) is 6.61 Å². The summed E-state index contributed by atoms with van der Waals surface area (Å²) in [7, 11) is 0. The lowest BCUT2D eigenvalue weighted by atomic mass is 10.2. The smallest absolute Gasteiger partial charge is 0.260 e. The second-order valence-electron chi connectivity index (χ2n) is 4.88. The number of nitrogen functional groups attached to an aromatic ring is 1. The fourth-order valence-electron chi connectivity index (χ4n) is 2.19. The lowest BCUT2D eigenvalue weighted by Crippen LogP contribution is -2.51. The largest absolute Gasteiger partial charge is 0.482 e. The molecule has 6 nitrogen and oxygen atoms in total. The molecular weight excluding hydrogens is 260 g/mol. The lowest BCUT2D eigenvalue weighted by Gasteiger charge is -2.36. The van der Waals surface area contributed by atoms with Crippen molar-refractivity contribution < 1.29 is 19.4 Å². The van der Waals surface area contributed by atoms with Gasteiger partial charge in [-0.3, -0.25) is 4.79 Å². The summed E-state index contributed by atoms with van der Waals surface area (Å²) < 4.78 is 10.9. The van der Waals surface area contributed by atoms with Crippen molar-refractivity contribution in [1.82, 2.24) is 4.90 Å². The number of morpholine rings is 1. The molecular formula is C14H20N2O4. The fourth-order valence-corrected chi connectivity index (χ4v) is 2.19. The first-order chi connectivity index (χ1) is 9.60. The summed E-state index contributed by atoms with van der Waals surface area (Å²) in [6.07, 6.45) is -0.420. The number of nitrogens with zero attached hydrogens (tertiary/aromatic N) is 1. The van der Waals surface area contributed by atoms with E-state index in [2.05, 4.69) is 0 Å². The van der Waals surface area contributed by atoms with Crippen molar-refractivity contribution >= 4 is 11.6 Å². The molecule has 1 aliphatic rings. The SMILES string of the molecule is CC1CN(C(=O)COc2ccccc2N)CC(CO)O1. The highest BCUT2D eigenvalue weighted by Gasteiger charge is 2.28. The minimum atomic E-state index is -0.329. The number of ether oxygens (including phenoxy) is 2. The maximum atomic E-state index is 12.1. The van der Waals surface area contributed by atoms with Crippen molar-refractivity contribution in [2.45, 2.75) is 19.1 Å². The van der Waals surface area contributed by atoms with Gasteiger partial charge >= 0.3 is 0 Å². The zero-order valence-electron chi connectivity index (χ0n) is 11.5. The number of benzene rings is 1. The second-order valence-corrected chi connectivity index (χ2v) is 4.88. The molecule has 1 amide bonds. The van der Waals surface area contributed by atoms with Gasteiger partial charge in [-0.2, -0.15) is 0 Å². The van der Waals surface area contributed by atoms with E-state index in [-0.39, 0.29) is 31.3 Å². The maximum Gasteiger partial charge on any atom is 0.260 e. The Morgan fingerprint density at radius 1 is 1.50 bits per heavy atom. The third-order valence-electron chi connectivity index (χ3n) is 3.15. The van der Waals surface area contributed by atoms with E-state index in [1.54, 1.807) is 29.2 Å². The van der Waals surface area contributed by atoms with E-state index in [0.29, 0.717) is 24.5 Å². The van der Waals surface area contributed by atoms with Gasteiger partial charge < -0.3 is 25.2 Å². The lowest BCUT2D eigenvalue weighted by molar-refractivity contribution is -0.149. The summed E-state index contributed by atoms with van der Waals surface area (Å²) in [5.74, 6) is 0.364. The number of hydrogen-bond acceptors (Lipinski definition) is 5. The van der Waals surface area contributed by atoms with Crippen LogP contribution < -0.4 is 10.5 Å². The number of nitrogens with two attached hydrogens (primary N) is 1. The Labute approximate surface area is 118 Å². The Bertz CT molecular complexity index is 466. The summed E-state index contributed by atoms with van der Waals surface area (Å²) in [6, 6.07) is 7.05. The van der Waals surface area contributed by atoms with Crippen molar-refractivity contribution in [3.05, 3.63) is 24.3 Å². The Hall–Kier alpha value is -1.79. The predicted octanol–water partition coefficient (Wildman–Crippen LogP) is 0.256. The Morgan fingerprint density at radius 3 is 2.95 bits per heavy atom. The Balaban J connectivity index is 1.90. The summed E-state index contributed by atoms with van der Waals surface area (Å²) in [6.45, 7) is 2.59. The molecule has 6 heteroatoms. The van der Waals surface area contributed by atoms with E-state index >= 15 is 0 Å². The summed E-state index contributed by atoms with van der Waals surface area (Å²) in [4.78, 5) is 13.8. The number of aliphatic hydroxyl groups excluding tert-OH is 1. The highest BCUT2D eigenvalue weighted by molar-refractivity contribution is 5.78. The Kier molecular flexibility index (Phi) is 4.81. The first-order valence-corrected chi connectivity index (χ1v) is 6.61. The van der Waals surface area contributed by atoms with E-state index in [0.717, 1.165) is 0 Å².